The molecule has 5 heteroatoms. The van der Waals surface area contributed by atoms with Crippen molar-refractivity contribution >= 4 is 11.7 Å². The van der Waals surface area contributed by atoms with Gasteiger partial charge >= 0.3 is 0 Å². The molecule has 0 radical (unpaired) electrons. The summed E-state index contributed by atoms with van der Waals surface area (Å²) in [4.78, 5) is 21.6. The Morgan fingerprint density at radius 1 is 1.41 bits per heavy atom. The van der Waals surface area contributed by atoms with Crippen LogP contribution in [0.5, 0.6) is 0 Å². The van der Waals surface area contributed by atoms with E-state index in [0.717, 1.165) is 25.3 Å². The lowest BCUT2D eigenvalue weighted by atomic mass is 10.0. The summed E-state index contributed by atoms with van der Waals surface area (Å²) in [6.45, 7) is 3.27. The fourth-order valence-electron chi connectivity index (χ4n) is 2.47. The number of likely N-dealkylation sites (tertiary alicyclic amines) is 1. The fraction of sp³-hybridized carbons (Fsp3) is 0.417. The van der Waals surface area contributed by atoms with Crippen molar-refractivity contribution in [2.75, 3.05) is 13.1 Å². The first-order chi connectivity index (χ1) is 8.25. The van der Waals surface area contributed by atoms with Crippen molar-refractivity contribution in [1.29, 1.82) is 0 Å². The first kappa shape index (κ1) is 10.3. The maximum Gasteiger partial charge on any atom is 0.233 e. The van der Waals surface area contributed by atoms with E-state index >= 15 is 0 Å². The number of carbonyl (C=O) groups excluding carboxylic acids is 1. The highest BCUT2D eigenvalue weighted by atomic mass is 16.2. The monoisotopic (exact) mass is 230 g/mol. The van der Waals surface area contributed by atoms with Crippen molar-refractivity contribution in [3.8, 4) is 0 Å². The van der Waals surface area contributed by atoms with Crippen LogP contribution in [0.15, 0.2) is 24.7 Å². The SMILES string of the molecule is CC(=O)N1CC[C@H](c2ccnc3nccn23)C1. The van der Waals surface area contributed by atoms with Crippen LogP contribution in [0.25, 0.3) is 5.78 Å². The molecule has 0 unspecified atom stereocenters. The molecule has 2 aromatic rings. The van der Waals surface area contributed by atoms with E-state index in [9.17, 15) is 4.79 Å². The van der Waals surface area contributed by atoms with Crippen LogP contribution < -0.4 is 0 Å². The molecular weight excluding hydrogens is 216 g/mol. The van der Waals surface area contributed by atoms with Crippen LogP contribution in [0.3, 0.4) is 0 Å². The van der Waals surface area contributed by atoms with Gasteiger partial charge in [0.1, 0.15) is 0 Å². The molecule has 1 amide bonds. The van der Waals surface area contributed by atoms with Crippen molar-refractivity contribution in [3.05, 3.63) is 30.4 Å². The Labute approximate surface area is 99.1 Å². The molecule has 1 saturated heterocycles. The number of carbonyl (C=O) groups is 1. The zero-order valence-electron chi connectivity index (χ0n) is 9.71. The largest absolute Gasteiger partial charge is 0.342 e. The number of hydrogen-bond acceptors (Lipinski definition) is 3. The molecule has 1 aliphatic heterocycles. The van der Waals surface area contributed by atoms with Gasteiger partial charge in [-0.3, -0.25) is 9.20 Å². The number of imidazole rings is 1. The van der Waals surface area contributed by atoms with Gasteiger partial charge in [-0.05, 0) is 12.5 Å². The average molecular weight is 230 g/mol. The van der Waals surface area contributed by atoms with Gasteiger partial charge in [-0.25, -0.2) is 9.97 Å². The molecule has 1 fully saturated rings. The van der Waals surface area contributed by atoms with Gasteiger partial charge in [0.05, 0.1) is 0 Å². The summed E-state index contributed by atoms with van der Waals surface area (Å²) in [6.07, 6.45) is 6.47. The number of nitrogens with zero attached hydrogens (tertiary/aromatic N) is 4. The normalized spacial score (nSPS) is 20.1. The van der Waals surface area contributed by atoms with Crippen molar-refractivity contribution in [3.63, 3.8) is 0 Å². The zero-order valence-corrected chi connectivity index (χ0v) is 9.71. The summed E-state index contributed by atoms with van der Waals surface area (Å²) in [5, 5.41) is 0. The second-order valence-electron chi connectivity index (χ2n) is 4.42. The highest BCUT2D eigenvalue weighted by Gasteiger charge is 2.26. The Balaban J connectivity index is 1.95. The molecule has 0 spiro atoms. The first-order valence-corrected chi connectivity index (χ1v) is 5.79. The lowest BCUT2D eigenvalue weighted by Gasteiger charge is -2.14. The Hall–Kier alpha value is -1.91. The van der Waals surface area contributed by atoms with Gasteiger partial charge in [0.15, 0.2) is 0 Å². The standard InChI is InChI=1S/C12H14N4O/c1-9(17)15-6-3-10(8-15)11-2-4-13-12-14-5-7-16(11)12/h2,4-5,7,10H,3,6,8H2,1H3/t10-/m0/s1. The molecule has 0 aromatic carbocycles. The predicted octanol–water partition coefficient (Wildman–Crippen LogP) is 1.07. The molecule has 17 heavy (non-hydrogen) atoms. The van der Waals surface area contributed by atoms with Crippen LogP contribution in [0.4, 0.5) is 0 Å². The molecule has 0 saturated carbocycles. The molecule has 3 rings (SSSR count). The Kier molecular flexibility index (Phi) is 2.31. The van der Waals surface area contributed by atoms with Gasteiger partial charge < -0.3 is 4.90 Å². The Bertz CT molecular complexity index is 562. The Morgan fingerprint density at radius 3 is 3.00 bits per heavy atom. The van der Waals surface area contributed by atoms with Gasteiger partial charge in [0, 0.05) is 50.2 Å². The lowest BCUT2D eigenvalue weighted by Crippen LogP contribution is -2.25. The van der Waals surface area contributed by atoms with Gasteiger partial charge in [-0.15, -0.1) is 0 Å². The molecule has 1 atom stereocenters. The van der Waals surface area contributed by atoms with Gasteiger partial charge in [0.25, 0.3) is 0 Å². The number of rotatable bonds is 1. The van der Waals surface area contributed by atoms with E-state index in [0.29, 0.717) is 5.92 Å². The average Bonchev–Trinajstić information content (AvgIpc) is 2.97. The van der Waals surface area contributed by atoms with E-state index in [-0.39, 0.29) is 5.91 Å². The first-order valence-electron chi connectivity index (χ1n) is 5.79. The van der Waals surface area contributed by atoms with Crippen molar-refractivity contribution in [2.45, 2.75) is 19.3 Å². The molecule has 5 nitrogen and oxygen atoms in total. The molecule has 1 aliphatic rings. The number of aromatic nitrogens is 3. The van der Waals surface area contributed by atoms with Crippen LogP contribution in [-0.4, -0.2) is 38.3 Å². The maximum atomic E-state index is 11.3. The smallest absolute Gasteiger partial charge is 0.233 e. The molecule has 3 heterocycles. The summed E-state index contributed by atoms with van der Waals surface area (Å²) in [6, 6.07) is 2.02. The summed E-state index contributed by atoms with van der Waals surface area (Å²) in [5.41, 5.74) is 1.19. The van der Waals surface area contributed by atoms with Crippen LogP contribution in [0, 0.1) is 0 Å². The topological polar surface area (TPSA) is 50.5 Å². The number of amides is 1. The maximum absolute atomic E-state index is 11.3. The molecule has 2 aromatic heterocycles. The van der Waals surface area contributed by atoms with E-state index in [1.807, 2.05) is 21.6 Å². The highest BCUT2D eigenvalue weighted by molar-refractivity contribution is 5.73. The molecule has 0 N–H and O–H groups in total. The van der Waals surface area contributed by atoms with E-state index in [1.54, 1.807) is 19.3 Å². The molecular formula is C12H14N4O. The van der Waals surface area contributed by atoms with Gasteiger partial charge in [-0.1, -0.05) is 0 Å². The number of hydrogen-bond donors (Lipinski definition) is 0. The minimum absolute atomic E-state index is 0.156. The summed E-state index contributed by atoms with van der Waals surface area (Å²) >= 11 is 0. The van der Waals surface area contributed by atoms with Crippen LogP contribution >= 0.6 is 0 Å². The lowest BCUT2D eigenvalue weighted by molar-refractivity contribution is -0.127. The third-order valence-corrected chi connectivity index (χ3v) is 3.39. The summed E-state index contributed by atoms with van der Waals surface area (Å²) in [5.74, 6) is 1.27. The van der Waals surface area contributed by atoms with Crippen molar-refractivity contribution in [2.24, 2.45) is 0 Å². The van der Waals surface area contributed by atoms with Crippen LogP contribution in [-0.2, 0) is 4.79 Å². The predicted molar refractivity (Wildman–Crippen MR) is 62.6 cm³/mol. The Morgan fingerprint density at radius 2 is 2.24 bits per heavy atom. The minimum Gasteiger partial charge on any atom is -0.342 e. The van der Waals surface area contributed by atoms with Gasteiger partial charge in [-0.2, -0.15) is 0 Å². The zero-order chi connectivity index (χ0) is 11.8. The molecule has 0 aliphatic carbocycles. The second kappa shape index (κ2) is 3.84. The molecule has 88 valence electrons. The summed E-state index contributed by atoms with van der Waals surface area (Å²) in [7, 11) is 0. The van der Waals surface area contributed by atoms with Crippen LogP contribution in [0.1, 0.15) is 25.0 Å². The molecule has 0 bridgehead atoms. The van der Waals surface area contributed by atoms with Gasteiger partial charge in [0.2, 0.25) is 11.7 Å². The van der Waals surface area contributed by atoms with E-state index < -0.39 is 0 Å². The number of fused-ring (bicyclic) bond motifs is 1. The van der Waals surface area contributed by atoms with E-state index in [1.165, 1.54) is 5.69 Å². The third kappa shape index (κ3) is 1.67. The van der Waals surface area contributed by atoms with E-state index in [4.69, 9.17) is 0 Å². The minimum atomic E-state index is 0.156. The quantitative estimate of drug-likeness (QED) is 0.736. The van der Waals surface area contributed by atoms with Crippen molar-refractivity contribution in [1.82, 2.24) is 19.3 Å². The third-order valence-electron chi connectivity index (χ3n) is 3.39. The second-order valence-corrected chi connectivity index (χ2v) is 4.42. The highest BCUT2D eigenvalue weighted by Crippen LogP contribution is 2.26. The van der Waals surface area contributed by atoms with Crippen LogP contribution in [0.2, 0.25) is 0 Å². The van der Waals surface area contributed by atoms with Crippen molar-refractivity contribution < 1.29 is 4.79 Å². The van der Waals surface area contributed by atoms with E-state index in [2.05, 4.69) is 9.97 Å². The fourth-order valence-corrected chi connectivity index (χ4v) is 2.47. The summed E-state index contributed by atoms with van der Waals surface area (Å²) < 4.78 is 2.01.